The van der Waals surface area contributed by atoms with Crippen molar-refractivity contribution in [3.63, 3.8) is 0 Å². The Hall–Kier alpha value is -3.80. The molecule has 0 atom stereocenters. The fourth-order valence-corrected chi connectivity index (χ4v) is 2.32. The summed E-state index contributed by atoms with van der Waals surface area (Å²) in [5.74, 6) is 0.901. The van der Waals surface area contributed by atoms with Crippen LogP contribution in [0.5, 0.6) is 17.4 Å². The Balaban J connectivity index is 1.46. The molecular formula is C20H13N3O3. The summed E-state index contributed by atoms with van der Waals surface area (Å²) in [5, 5.41) is 0. The smallest absolute Gasteiger partial charge is 0.363 e. The van der Waals surface area contributed by atoms with Gasteiger partial charge in [0.1, 0.15) is 11.5 Å². The number of ether oxygens (including phenoxy) is 2. The SMILES string of the molecule is O=C(Oc1ccc(Oc2ccccn2)cc1)c1cnc2ccccc2n1. The van der Waals surface area contributed by atoms with Crippen molar-refractivity contribution < 1.29 is 14.3 Å². The van der Waals surface area contributed by atoms with Crippen molar-refractivity contribution in [3.05, 3.63) is 84.8 Å². The van der Waals surface area contributed by atoms with Gasteiger partial charge in [-0.25, -0.2) is 14.8 Å². The van der Waals surface area contributed by atoms with E-state index in [9.17, 15) is 4.79 Å². The van der Waals surface area contributed by atoms with Gasteiger partial charge in [0.25, 0.3) is 0 Å². The van der Waals surface area contributed by atoms with Crippen LogP contribution in [0.4, 0.5) is 0 Å². The summed E-state index contributed by atoms with van der Waals surface area (Å²) in [7, 11) is 0. The van der Waals surface area contributed by atoms with E-state index in [1.165, 1.54) is 6.20 Å². The lowest BCUT2D eigenvalue weighted by atomic mass is 10.3. The summed E-state index contributed by atoms with van der Waals surface area (Å²) in [6.45, 7) is 0. The van der Waals surface area contributed by atoms with Gasteiger partial charge >= 0.3 is 5.97 Å². The maximum Gasteiger partial charge on any atom is 0.363 e. The molecule has 4 rings (SSSR count). The molecule has 126 valence electrons. The van der Waals surface area contributed by atoms with E-state index < -0.39 is 5.97 Å². The van der Waals surface area contributed by atoms with Crippen molar-refractivity contribution in [2.75, 3.05) is 0 Å². The van der Waals surface area contributed by atoms with Gasteiger partial charge < -0.3 is 9.47 Å². The molecule has 6 heteroatoms. The van der Waals surface area contributed by atoms with Crippen LogP contribution in [0, 0.1) is 0 Å². The molecule has 0 unspecified atom stereocenters. The van der Waals surface area contributed by atoms with Crippen molar-refractivity contribution >= 4 is 17.0 Å². The number of fused-ring (bicyclic) bond motifs is 1. The van der Waals surface area contributed by atoms with Crippen LogP contribution < -0.4 is 9.47 Å². The van der Waals surface area contributed by atoms with Gasteiger partial charge in [0.2, 0.25) is 5.88 Å². The highest BCUT2D eigenvalue weighted by atomic mass is 16.5. The molecule has 2 aromatic carbocycles. The third-order valence-corrected chi connectivity index (χ3v) is 3.55. The van der Waals surface area contributed by atoms with E-state index in [1.807, 2.05) is 30.3 Å². The highest BCUT2D eigenvalue weighted by molar-refractivity contribution is 5.90. The summed E-state index contributed by atoms with van der Waals surface area (Å²) >= 11 is 0. The normalized spacial score (nSPS) is 10.5. The van der Waals surface area contributed by atoms with Gasteiger partial charge in [-0.3, -0.25) is 4.98 Å². The van der Waals surface area contributed by atoms with Gasteiger partial charge in [-0.05, 0) is 42.5 Å². The zero-order valence-corrected chi connectivity index (χ0v) is 13.6. The Morgan fingerprint density at radius 3 is 2.27 bits per heavy atom. The van der Waals surface area contributed by atoms with E-state index in [0.717, 1.165) is 5.52 Å². The monoisotopic (exact) mass is 343 g/mol. The van der Waals surface area contributed by atoms with Crippen molar-refractivity contribution in [2.45, 2.75) is 0 Å². The number of hydrogen-bond acceptors (Lipinski definition) is 6. The predicted molar refractivity (Wildman–Crippen MR) is 95.2 cm³/mol. The van der Waals surface area contributed by atoms with Crippen LogP contribution in [0.1, 0.15) is 10.5 Å². The summed E-state index contributed by atoms with van der Waals surface area (Å²) < 4.78 is 10.9. The fraction of sp³-hybridized carbons (Fsp3) is 0. The number of carbonyl (C=O) groups is 1. The number of pyridine rings is 1. The van der Waals surface area contributed by atoms with E-state index in [2.05, 4.69) is 15.0 Å². The van der Waals surface area contributed by atoms with E-state index >= 15 is 0 Å². The molecule has 0 spiro atoms. The van der Waals surface area contributed by atoms with Crippen LogP contribution in [0.25, 0.3) is 11.0 Å². The van der Waals surface area contributed by atoms with Gasteiger partial charge in [-0.15, -0.1) is 0 Å². The van der Waals surface area contributed by atoms with Crippen molar-refractivity contribution in [2.24, 2.45) is 0 Å². The van der Waals surface area contributed by atoms with Crippen LogP contribution in [0.15, 0.2) is 79.1 Å². The first-order valence-corrected chi connectivity index (χ1v) is 7.91. The first kappa shape index (κ1) is 15.7. The predicted octanol–water partition coefficient (Wildman–Crippen LogP) is 4.04. The Labute approximate surface area is 149 Å². The maximum atomic E-state index is 12.3. The number of carbonyl (C=O) groups excluding carboxylic acids is 1. The standard InChI is InChI=1S/C20H13N3O3/c24-20(18-13-22-16-5-1-2-6-17(16)23-18)26-15-10-8-14(9-11-15)25-19-7-3-4-12-21-19/h1-13H. The molecule has 0 aliphatic heterocycles. The average molecular weight is 343 g/mol. The Morgan fingerprint density at radius 1 is 0.769 bits per heavy atom. The second-order valence-corrected chi connectivity index (χ2v) is 5.37. The molecule has 0 aliphatic rings. The fourth-order valence-electron chi connectivity index (χ4n) is 2.32. The molecule has 0 amide bonds. The van der Waals surface area contributed by atoms with Gasteiger partial charge in [0.15, 0.2) is 5.69 Å². The van der Waals surface area contributed by atoms with Gasteiger partial charge in [0.05, 0.1) is 17.2 Å². The third-order valence-electron chi connectivity index (χ3n) is 3.55. The summed E-state index contributed by atoms with van der Waals surface area (Å²) in [5.41, 5.74) is 1.51. The minimum atomic E-state index is -0.568. The lowest BCUT2D eigenvalue weighted by Crippen LogP contribution is -2.11. The van der Waals surface area contributed by atoms with Crippen LogP contribution in [-0.4, -0.2) is 20.9 Å². The molecule has 0 fully saturated rings. The number of benzene rings is 2. The van der Waals surface area contributed by atoms with Crippen LogP contribution in [-0.2, 0) is 0 Å². The second-order valence-electron chi connectivity index (χ2n) is 5.37. The van der Waals surface area contributed by atoms with Crippen molar-refractivity contribution in [1.82, 2.24) is 15.0 Å². The van der Waals surface area contributed by atoms with E-state index in [0.29, 0.717) is 22.9 Å². The van der Waals surface area contributed by atoms with Gasteiger partial charge in [-0.2, -0.15) is 0 Å². The Bertz CT molecular complexity index is 1050. The Kier molecular flexibility index (Phi) is 4.22. The highest BCUT2D eigenvalue weighted by Crippen LogP contribution is 2.22. The number of aromatic nitrogens is 3. The molecule has 0 radical (unpaired) electrons. The lowest BCUT2D eigenvalue weighted by Gasteiger charge is -2.07. The quantitative estimate of drug-likeness (QED) is 0.411. The summed E-state index contributed by atoms with van der Waals surface area (Å²) in [6.07, 6.45) is 3.05. The van der Waals surface area contributed by atoms with E-state index in [1.54, 1.807) is 42.6 Å². The van der Waals surface area contributed by atoms with Crippen molar-refractivity contribution in [1.29, 1.82) is 0 Å². The van der Waals surface area contributed by atoms with E-state index in [-0.39, 0.29) is 5.69 Å². The van der Waals surface area contributed by atoms with E-state index in [4.69, 9.17) is 9.47 Å². The number of nitrogens with zero attached hydrogens (tertiary/aromatic N) is 3. The topological polar surface area (TPSA) is 74.2 Å². The second kappa shape index (κ2) is 6.98. The van der Waals surface area contributed by atoms with Crippen LogP contribution >= 0.6 is 0 Å². The third kappa shape index (κ3) is 3.49. The van der Waals surface area contributed by atoms with Crippen LogP contribution in [0.3, 0.4) is 0 Å². The number of esters is 1. The zero-order valence-electron chi connectivity index (χ0n) is 13.6. The highest BCUT2D eigenvalue weighted by Gasteiger charge is 2.12. The zero-order chi connectivity index (χ0) is 17.8. The molecule has 0 saturated heterocycles. The number of rotatable bonds is 4. The summed E-state index contributed by atoms with van der Waals surface area (Å²) in [6, 6.07) is 19.4. The van der Waals surface area contributed by atoms with Gasteiger partial charge in [-0.1, -0.05) is 18.2 Å². The molecule has 2 heterocycles. The largest absolute Gasteiger partial charge is 0.439 e. The molecule has 26 heavy (non-hydrogen) atoms. The molecule has 0 aliphatic carbocycles. The molecule has 0 bridgehead atoms. The molecular weight excluding hydrogens is 330 g/mol. The number of hydrogen-bond donors (Lipinski definition) is 0. The molecule has 4 aromatic rings. The minimum Gasteiger partial charge on any atom is -0.439 e. The number of para-hydroxylation sites is 2. The molecule has 0 saturated carbocycles. The average Bonchev–Trinajstić information content (AvgIpc) is 2.70. The van der Waals surface area contributed by atoms with Crippen molar-refractivity contribution in [3.8, 4) is 17.4 Å². The van der Waals surface area contributed by atoms with Crippen LogP contribution in [0.2, 0.25) is 0 Å². The van der Waals surface area contributed by atoms with Gasteiger partial charge in [0, 0.05) is 12.3 Å². The first-order chi connectivity index (χ1) is 12.8. The molecule has 0 N–H and O–H groups in total. The first-order valence-electron chi connectivity index (χ1n) is 7.91. The molecule has 6 nitrogen and oxygen atoms in total. The Morgan fingerprint density at radius 2 is 1.50 bits per heavy atom. The summed E-state index contributed by atoms with van der Waals surface area (Å²) in [4.78, 5) is 24.8. The lowest BCUT2D eigenvalue weighted by molar-refractivity contribution is 0.0728. The maximum absolute atomic E-state index is 12.3. The minimum absolute atomic E-state index is 0.150. The molecule has 2 aromatic heterocycles.